The maximum atomic E-state index is 13.7. The van der Waals surface area contributed by atoms with Crippen LogP contribution >= 0.6 is 0 Å². The van der Waals surface area contributed by atoms with Crippen molar-refractivity contribution < 1.29 is 19.1 Å². The van der Waals surface area contributed by atoms with Crippen molar-refractivity contribution in [2.75, 3.05) is 6.54 Å². The molecule has 4 rings (SSSR count). The van der Waals surface area contributed by atoms with Crippen LogP contribution in [0.25, 0.3) is 6.08 Å². The van der Waals surface area contributed by atoms with Gasteiger partial charge in [-0.25, -0.2) is 4.39 Å². The molecule has 0 spiro atoms. The van der Waals surface area contributed by atoms with Gasteiger partial charge in [0.05, 0.1) is 5.69 Å². The molecule has 2 aromatic carbocycles. The molecule has 1 fully saturated rings. The van der Waals surface area contributed by atoms with Crippen LogP contribution in [0.4, 0.5) is 4.39 Å². The van der Waals surface area contributed by atoms with Gasteiger partial charge in [0, 0.05) is 37.8 Å². The van der Waals surface area contributed by atoms with E-state index in [-0.39, 0.29) is 18.7 Å². The van der Waals surface area contributed by atoms with Gasteiger partial charge in [0.2, 0.25) is 5.78 Å². The third-order valence-corrected chi connectivity index (χ3v) is 5.96. The van der Waals surface area contributed by atoms with Crippen LogP contribution in [0, 0.1) is 6.92 Å². The van der Waals surface area contributed by atoms with E-state index in [1.54, 1.807) is 4.90 Å². The number of aromatic nitrogens is 1. The van der Waals surface area contributed by atoms with E-state index in [0.29, 0.717) is 24.3 Å². The van der Waals surface area contributed by atoms with Crippen LogP contribution in [0.2, 0.25) is 0 Å². The standard InChI is InChI=1S/C27H27FN2O3/c1-19-9-11-22(12-10-19)26(31)24-8-4-14-29(24)13-3-7-20-5-2-6-21(15-20)17-30-18-23(28)16-25(30)27(32)33/h2-12,14-15,23,25H,13,16-18H2,1H3,(H,32,33)/b7-3+/t23?,25-/m1/s1. The number of halogens is 1. The number of carbonyl (C=O) groups is 2. The largest absolute Gasteiger partial charge is 0.480 e. The summed E-state index contributed by atoms with van der Waals surface area (Å²) in [5.41, 5.74) is 4.31. The lowest BCUT2D eigenvalue weighted by atomic mass is 10.1. The number of carboxylic acids is 1. The molecule has 5 nitrogen and oxygen atoms in total. The molecule has 1 aliphatic rings. The van der Waals surface area contributed by atoms with E-state index < -0.39 is 18.2 Å². The van der Waals surface area contributed by atoms with E-state index in [0.717, 1.165) is 16.7 Å². The molecule has 1 unspecified atom stereocenters. The lowest BCUT2D eigenvalue weighted by Gasteiger charge is -2.20. The summed E-state index contributed by atoms with van der Waals surface area (Å²) in [7, 11) is 0. The zero-order valence-electron chi connectivity index (χ0n) is 18.5. The summed E-state index contributed by atoms with van der Waals surface area (Å²) in [6.07, 6.45) is 4.77. The summed E-state index contributed by atoms with van der Waals surface area (Å²) in [6, 6.07) is 18.2. The quantitative estimate of drug-likeness (QED) is 0.508. The molecule has 2 heterocycles. The van der Waals surface area contributed by atoms with Gasteiger partial charge in [-0.05, 0) is 30.2 Å². The topological polar surface area (TPSA) is 62.5 Å². The van der Waals surface area contributed by atoms with Crippen LogP contribution in [0.15, 0.2) is 72.9 Å². The number of nitrogens with zero attached hydrogens (tertiary/aromatic N) is 2. The maximum absolute atomic E-state index is 13.7. The first-order chi connectivity index (χ1) is 15.9. The Hall–Kier alpha value is -3.51. The van der Waals surface area contributed by atoms with Gasteiger partial charge in [-0.2, -0.15) is 0 Å². The lowest BCUT2D eigenvalue weighted by molar-refractivity contribution is -0.142. The van der Waals surface area contributed by atoms with Crippen LogP contribution < -0.4 is 0 Å². The van der Waals surface area contributed by atoms with E-state index in [1.165, 1.54) is 0 Å². The number of ketones is 1. The van der Waals surface area contributed by atoms with Crippen LogP contribution in [0.1, 0.15) is 39.2 Å². The van der Waals surface area contributed by atoms with Crippen molar-refractivity contribution in [1.82, 2.24) is 9.47 Å². The number of hydrogen-bond donors (Lipinski definition) is 1. The average molecular weight is 447 g/mol. The Morgan fingerprint density at radius 3 is 2.67 bits per heavy atom. The Kier molecular flexibility index (Phi) is 6.84. The van der Waals surface area contributed by atoms with Crippen molar-refractivity contribution >= 4 is 17.8 Å². The van der Waals surface area contributed by atoms with Crippen molar-refractivity contribution in [2.24, 2.45) is 0 Å². The number of hydrogen-bond acceptors (Lipinski definition) is 3. The first-order valence-electron chi connectivity index (χ1n) is 11.0. The normalized spacial score (nSPS) is 18.7. The Bertz CT molecular complexity index is 1170. The summed E-state index contributed by atoms with van der Waals surface area (Å²) in [4.78, 5) is 25.9. The van der Waals surface area contributed by atoms with Crippen molar-refractivity contribution in [1.29, 1.82) is 0 Å². The molecule has 3 aromatic rings. The van der Waals surface area contributed by atoms with Crippen LogP contribution in [0.3, 0.4) is 0 Å². The van der Waals surface area contributed by atoms with Gasteiger partial charge in [0.25, 0.3) is 0 Å². The first-order valence-corrected chi connectivity index (χ1v) is 11.0. The van der Waals surface area contributed by atoms with Gasteiger partial charge in [-0.1, -0.05) is 66.2 Å². The molecular weight excluding hydrogens is 419 g/mol. The zero-order valence-corrected chi connectivity index (χ0v) is 18.5. The third-order valence-electron chi connectivity index (χ3n) is 5.96. The molecule has 6 heteroatoms. The lowest BCUT2D eigenvalue weighted by Crippen LogP contribution is -2.35. The van der Waals surface area contributed by atoms with E-state index in [1.807, 2.05) is 90.5 Å². The zero-order chi connectivity index (χ0) is 23.4. The summed E-state index contributed by atoms with van der Waals surface area (Å²) in [6.45, 7) is 3.07. The monoisotopic (exact) mass is 446 g/mol. The number of aliphatic carboxylic acids is 1. The van der Waals surface area contributed by atoms with Gasteiger partial charge in [-0.15, -0.1) is 0 Å². The number of benzene rings is 2. The molecule has 33 heavy (non-hydrogen) atoms. The molecule has 0 bridgehead atoms. The summed E-state index contributed by atoms with van der Waals surface area (Å²) in [5, 5.41) is 9.34. The van der Waals surface area contributed by atoms with Gasteiger partial charge in [-0.3, -0.25) is 14.5 Å². The minimum Gasteiger partial charge on any atom is -0.480 e. The highest BCUT2D eigenvalue weighted by Crippen LogP contribution is 2.23. The average Bonchev–Trinajstić information content (AvgIpc) is 3.40. The number of carbonyl (C=O) groups excluding carboxylic acids is 1. The second-order valence-corrected chi connectivity index (χ2v) is 8.50. The Morgan fingerprint density at radius 1 is 1.12 bits per heavy atom. The van der Waals surface area contributed by atoms with E-state index in [2.05, 4.69) is 0 Å². The smallest absolute Gasteiger partial charge is 0.321 e. The highest BCUT2D eigenvalue weighted by Gasteiger charge is 2.36. The molecular formula is C27H27FN2O3. The molecule has 0 saturated carbocycles. The number of carboxylic acid groups (broad SMARTS) is 1. The number of alkyl halides is 1. The molecule has 2 atom stereocenters. The number of likely N-dealkylation sites (tertiary alicyclic amines) is 1. The Labute approximate surface area is 192 Å². The second kappa shape index (κ2) is 9.96. The Balaban J connectivity index is 1.42. The van der Waals surface area contributed by atoms with E-state index in [4.69, 9.17) is 0 Å². The van der Waals surface area contributed by atoms with Crippen molar-refractivity contribution in [3.63, 3.8) is 0 Å². The van der Waals surface area contributed by atoms with Crippen molar-refractivity contribution in [3.8, 4) is 0 Å². The fraction of sp³-hybridized carbons (Fsp3) is 0.259. The van der Waals surface area contributed by atoms with Gasteiger partial charge in [0.15, 0.2) is 0 Å². The van der Waals surface area contributed by atoms with Gasteiger partial charge in [0.1, 0.15) is 12.2 Å². The van der Waals surface area contributed by atoms with Crippen LogP contribution in [0.5, 0.6) is 0 Å². The van der Waals surface area contributed by atoms with Gasteiger partial charge >= 0.3 is 5.97 Å². The summed E-state index contributed by atoms with van der Waals surface area (Å²) < 4.78 is 15.6. The second-order valence-electron chi connectivity index (χ2n) is 8.50. The number of allylic oxidation sites excluding steroid dienone is 1. The minimum absolute atomic E-state index is 0.0137. The molecule has 170 valence electrons. The molecule has 0 aliphatic carbocycles. The summed E-state index contributed by atoms with van der Waals surface area (Å²) >= 11 is 0. The van der Waals surface area contributed by atoms with E-state index >= 15 is 0 Å². The highest BCUT2D eigenvalue weighted by atomic mass is 19.1. The molecule has 1 saturated heterocycles. The summed E-state index contributed by atoms with van der Waals surface area (Å²) in [5.74, 6) is -0.992. The van der Waals surface area contributed by atoms with E-state index in [9.17, 15) is 19.1 Å². The van der Waals surface area contributed by atoms with Crippen LogP contribution in [-0.4, -0.2) is 45.1 Å². The van der Waals surface area contributed by atoms with Crippen LogP contribution in [-0.2, 0) is 17.9 Å². The molecule has 0 amide bonds. The number of aryl methyl sites for hydroxylation is 1. The van der Waals surface area contributed by atoms with Crippen molar-refractivity contribution in [2.45, 2.75) is 38.6 Å². The minimum atomic E-state index is -1.10. The fourth-order valence-electron chi connectivity index (χ4n) is 4.24. The predicted molar refractivity (Wildman–Crippen MR) is 126 cm³/mol. The predicted octanol–water partition coefficient (Wildman–Crippen LogP) is 4.74. The molecule has 1 N–H and O–H groups in total. The molecule has 1 aromatic heterocycles. The molecule has 1 aliphatic heterocycles. The van der Waals surface area contributed by atoms with Gasteiger partial charge < -0.3 is 9.67 Å². The highest BCUT2D eigenvalue weighted by molar-refractivity contribution is 6.08. The SMILES string of the molecule is Cc1ccc(C(=O)c2cccn2C/C=C/c2cccc(CN3CC(F)C[C@@H]3C(=O)O)c2)cc1. The van der Waals surface area contributed by atoms with Crippen molar-refractivity contribution in [3.05, 3.63) is 101 Å². The third kappa shape index (κ3) is 5.46. The Morgan fingerprint density at radius 2 is 1.91 bits per heavy atom. The maximum Gasteiger partial charge on any atom is 0.321 e. The molecule has 0 radical (unpaired) electrons. The fourth-order valence-corrected chi connectivity index (χ4v) is 4.24. The number of rotatable bonds is 8. The first kappa shape index (κ1) is 22.7.